The van der Waals surface area contributed by atoms with Crippen molar-refractivity contribution in [3.8, 4) is 12.3 Å². The van der Waals surface area contributed by atoms with Crippen LogP contribution in [0.1, 0.15) is 32.6 Å². The first-order valence-electron chi connectivity index (χ1n) is 4.98. The van der Waals surface area contributed by atoms with E-state index in [0.29, 0.717) is 18.9 Å². The average Bonchev–Trinajstić information content (AvgIpc) is 2.15. The van der Waals surface area contributed by atoms with Crippen LogP contribution in [0.2, 0.25) is 0 Å². The Hall–Kier alpha value is -1.50. The predicted octanol–water partition coefficient (Wildman–Crippen LogP) is 1.02. The standard InChI is InChI=1S/C11H17NO3/c1-3-4-10(13)12-8-7-9(2)5-6-11(14)15/h1,9H,4-8H2,2H3,(H,12,13)(H,14,15). The van der Waals surface area contributed by atoms with Gasteiger partial charge >= 0.3 is 5.97 Å². The molecular formula is C11H17NO3. The highest BCUT2D eigenvalue weighted by molar-refractivity contribution is 5.78. The zero-order chi connectivity index (χ0) is 11.7. The third-order valence-corrected chi connectivity index (χ3v) is 2.07. The molecular weight excluding hydrogens is 194 g/mol. The zero-order valence-corrected chi connectivity index (χ0v) is 8.95. The van der Waals surface area contributed by atoms with E-state index in [2.05, 4.69) is 11.2 Å². The smallest absolute Gasteiger partial charge is 0.303 e. The van der Waals surface area contributed by atoms with Crippen LogP contribution in [0.15, 0.2) is 0 Å². The van der Waals surface area contributed by atoms with E-state index < -0.39 is 5.97 Å². The lowest BCUT2D eigenvalue weighted by molar-refractivity contribution is -0.137. The van der Waals surface area contributed by atoms with E-state index in [0.717, 1.165) is 6.42 Å². The summed E-state index contributed by atoms with van der Waals surface area (Å²) in [6.45, 7) is 2.53. The number of terminal acetylenes is 1. The maximum absolute atomic E-state index is 10.9. The lowest BCUT2D eigenvalue weighted by atomic mass is 10.0. The van der Waals surface area contributed by atoms with Crippen molar-refractivity contribution >= 4 is 11.9 Å². The number of carboxylic acid groups (broad SMARTS) is 1. The zero-order valence-electron chi connectivity index (χ0n) is 8.95. The number of carbonyl (C=O) groups excluding carboxylic acids is 1. The van der Waals surface area contributed by atoms with Gasteiger partial charge in [0.05, 0.1) is 6.42 Å². The maximum atomic E-state index is 10.9. The van der Waals surface area contributed by atoms with Crippen LogP contribution >= 0.6 is 0 Å². The lowest BCUT2D eigenvalue weighted by Crippen LogP contribution is -2.24. The van der Waals surface area contributed by atoms with Crippen molar-refractivity contribution in [3.63, 3.8) is 0 Å². The summed E-state index contributed by atoms with van der Waals surface area (Å²) in [5, 5.41) is 11.1. The number of rotatable bonds is 7. The minimum atomic E-state index is -0.779. The normalized spacial score (nSPS) is 11.5. The molecule has 0 saturated heterocycles. The molecule has 0 rings (SSSR count). The van der Waals surface area contributed by atoms with Crippen LogP contribution in [0.25, 0.3) is 0 Å². The number of aliphatic carboxylic acids is 1. The number of hydrogen-bond donors (Lipinski definition) is 2. The minimum absolute atomic E-state index is 0.101. The van der Waals surface area contributed by atoms with Gasteiger partial charge in [-0.2, -0.15) is 0 Å². The Kier molecular flexibility index (Phi) is 7.08. The van der Waals surface area contributed by atoms with E-state index >= 15 is 0 Å². The van der Waals surface area contributed by atoms with E-state index in [9.17, 15) is 9.59 Å². The van der Waals surface area contributed by atoms with Crippen molar-refractivity contribution in [3.05, 3.63) is 0 Å². The van der Waals surface area contributed by atoms with Crippen molar-refractivity contribution in [2.75, 3.05) is 6.54 Å². The van der Waals surface area contributed by atoms with Crippen molar-refractivity contribution in [2.24, 2.45) is 5.92 Å². The number of nitrogens with one attached hydrogen (secondary N) is 1. The van der Waals surface area contributed by atoms with Gasteiger partial charge in [-0.1, -0.05) is 12.8 Å². The molecule has 0 aliphatic heterocycles. The molecule has 0 heterocycles. The Morgan fingerprint density at radius 1 is 1.47 bits per heavy atom. The molecule has 1 amide bonds. The second kappa shape index (κ2) is 7.86. The summed E-state index contributed by atoms with van der Waals surface area (Å²) >= 11 is 0. The highest BCUT2D eigenvalue weighted by Gasteiger charge is 2.06. The number of hydrogen-bond acceptors (Lipinski definition) is 2. The molecule has 0 aliphatic rings. The summed E-state index contributed by atoms with van der Waals surface area (Å²) in [6, 6.07) is 0. The summed E-state index contributed by atoms with van der Waals surface area (Å²) in [5.41, 5.74) is 0. The predicted molar refractivity (Wildman–Crippen MR) is 57.1 cm³/mol. The van der Waals surface area contributed by atoms with Crippen LogP contribution in [0.5, 0.6) is 0 Å². The third kappa shape index (κ3) is 8.82. The molecule has 0 bridgehead atoms. The molecule has 0 aromatic rings. The SMILES string of the molecule is C#CCC(=O)NCCC(C)CCC(=O)O. The van der Waals surface area contributed by atoms with Crippen molar-refractivity contribution < 1.29 is 14.7 Å². The Labute approximate surface area is 90.1 Å². The van der Waals surface area contributed by atoms with E-state index in [1.165, 1.54) is 0 Å². The highest BCUT2D eigenvalue weighted by Crippen LogP contribution is 2.08. The van der Waals surface area contributed by atoms with E-state index in [4.69, 9.17) is 11.5 Å². The number of carbonyl (C=O) groups is 2. The molecule has 4 heteroatoms. The molecule has 0 spiro atoms. The Morgan fingerprint density at radius 3 is 2.67 bits per heavy atom. The molecule has 15 heavy (non-hydrogen) atoms. The van der Waals surface area contributed by atoms with Crippen LogP contribution in [-0.4, -0.2) is 23.5 Å². The van der Waals surface area contributed by atoms with Crippen LogP contribution in [-0.2, 0) is 9.59 Å². The first kappa shape index (κ1) is 13.5. The number of amides is 1. The Bertz CT molecular complexity index is 255. The lowest BCUT2D eigenvalue weighted by Gasteiger charge is -2.09. The molecule has 4 nitrogen and oxygen atoms in total. The van der Waals surface area contributed by atoms with Crippen LogP contribution in [0, 0.1) is 18.3 Å². The van der Waals surface area contributed by atoms with E-state index in [-0.39, 0.29) is 18.7 Å². The quantitative estimate of drug-likeness (QED) is 0.618. The minimum Gasteiger partial charge on any atom is -0.481 e. The Balaban J connectivity index is 3.47. The fourth-order valence-corrected chi connectivity index (χ4v) is 1.13. The molecule has 0 aliphatic carbocycles. The second-order valence-corrected chi connectivity index (χ2v) is 3.56. The molecule has 0 radical (unpaired) electrons. The third-order valence-electron chi connectivity index (χ3n) is 2.07. The van der Waals surface area contributed by atoms with Crippen LogP contribution in [0.3, 0.4) is 0 Å². The molecule has 84 valence electrons. The molecule has 0 aromatic carbocycles. The summed E-state index contributed by atoms with van der Waals surface area (Å²) in [7, 11) is 0. The van der Waals surface area contributed by atoms with Crippen LogP contribution in [0.4, 0.5) is 0 Å². The topological polar surface area (TPSA) is 66.4 Å². The molecule has 0 fully saturated rings. The molecule has 1 atom stereocenters. The summed E-state index contributed by atoms with van der Waals surface area (Å²) < 4.78 is 0. The molecule has 0 aromatic heterocycles. The van der Waals surface area contributed by atoms with Crippen molar-refractivity contribution in [1.82, 2.24) is 5.32 Å². The van der Waals surface area contributed by atoms with Gasteiger partial charge in [-0.3, -0.25) is 9.59 Å². The van der Waals surface area contributed by atoms with Crippen LogP contribution < -0.4 is 5.32 Å². The van der Waals surface area contributed by atoms with Gasteiger partial charge in [0.15, 0.2) is 0 Å². The second-order valence-electron chi connectivity index (χ2n) is 3.56. The largest absolute Gasteiger partial charge is 0.481 e. The van der Waals surface area contributed by atoms with Gasteiger partial charge < -0.3 is 10.4 Å². The van der Waals surface area contributed by atoms with Gasteiger partial charge in [0.2, 0.25) is 5.91 Å². The average molecular weight is 211 g/mol. The van der Waals surface area contributed by atoms with E-state index in [1.807, 2.05) is 6.92 Å². The molecule has 0 saturated carbocycles. The maximum Gasteiger partial charge on any atom is 0.303 e. The fraction of sp³-hybridized carbons (Fsp3) is 0.636. The van der Waals surface area contributed by atoms with Gasteiger partial charge in [-0.25, -0.2) is 0 Å². The first-order chi connectivity index (χ1) is 7.06. The van der Waals surface area contributed by atoms with Crippen molar-refractivity contribution in [2.45, 2.75) is 32.6 Å². The highest BCUT2D eigenvalue weighted by atomic mass is 16.4. The van der Waals surface area contributed by atoms with Gasteiger partial charge in [0, 0.05) is 13.0 Å². The Morgan fingerprint density at radius 2 is 2.13 bits per heavy atom. The van der Waals surface area contributed by atoms with E-state index in [1.54, 1.807) is 0 Å². The summed E-state index contributed by atoms with van der Waals surface area (Å²) in [6.07, 6.45) is 6.67. The van der Waals surface area contributed by atoms with Crippen molar-refractivity contribution in [1.29, 1.82) is 0 Å². The van der Waals surface area contributed by atoms with Gasteiger partial charge in [-0.15, -0.1) is 6.42 Å². The monoisotopic (exact) mass is 211 g/mol. The summed E-state index contributed by atoms with van der Waals surface area (Å²) in [5.74, 6) is 1.62. The van der Waals surface area contributed by atoms with Gasteiger partial charge in [-0.05, 0) is 18.8 Å². The van der Waals surface area contributed by atoms with Gasteiger partial charge in [0.25, 0.3) is 0 Å². The number of carboxylic acids is 1. The first-order valence-corrected chi connectivity index (χ1v) is 4.98. The molecule has 1 unspecified atom stereocenters. The fourth-order valence-electron chi connectivity index (χ4n) is 1.13. The molecule has 2 N–H and O–H groups in total. The van der Waals surface area contributed by atoms with Gasteiger partial charge in [0.1, 0.15) is 0 Å². The summed E-state index contributed by atoms with van der Waals surface area (Å²) in [4.78, 5) is 21.2.